The maximum Gasteiger partial charge on any atom is 0.316 e. The third kappa shape index (κ3) is 4.53. The zero-order valence-electron chi connectivity index (χ0n) is 17.0. The predicted molar refractivity (Wildman–Crippen MR) is 110 cm³/mol. The Labute approximate surface area is 167 Å². The number of nitrogens with zero attached hydrogens (tertiary/aromatic N) is 3. The number of hydrogen-bond donors (Lipinski definition) is 1. The maximum atomic E-state index is 10.1. The number of likely N-dealkylation sites (tertiary alicyclic amines) is 1. The average molecular weight is 382 g/mol. The summed E-state index contributed by atoms with van der Waals surface area (Å²) in [5, 5.41) is 10.1. The highest BCUT2D eigenvalue weighted by Crippen LogP contribution is 2.28. The monoisotopic (exact) mass is 381 g/mol. The van der Waals surface area contributed by atoms with E-state index in [1.807, 2.05) is 36.7 Å². The molecule has 1 aromatic carbocycles. The lowest BCUT2D eigenvalue weighted by molar-refractivity contribution is 0.0710. The van der Waals surface area contributed by atoms with Crippen molar-refractivity contribution in [2.24, 2.45) is 0 Å². The van der Waals surface area contributed by atoms with Crippen molar-refractivity contribution in [1.82, 2.24) is 14.9 Å². The molecule has 150 valence electrons. The lowest BCUT2D eigenvalue weighted by atomic mass is 9.96. The molecule has 1 aromatic heterocycles. The summed E-state index contributed by atoms with van der Waals surface area (Å²) in [7, 11) is 0. The number of hydrogen-bond acceptors (Lipinski definition) is 5. The van der Waals surface area contributed by atoms with Crippen molar-refractivity contribution in [3.05, 3.63) is 42.2 Å². The van der Waals surface area contributed by atoms with Crippen LogP contribution < -0.4 is 4.74 Å². The molecule has 2 heterocycles. The van der Waals surface area contributed by atoms with Gasteiger partial charge in [0.15, 0.2) is 0 Å². The van der Waals surface area contributed by atoms with Gasteiger partial charge in [0.2, 0.25) is 0 Å². The van der Waals surface area contributed by atoms with Gasteiger partial charge in [-0.15, -0.1) is 0 Å². The molecule has 28 heavy (non-hydrogen) atoms. The minimum Gasteiger partial charge on any atom is -0.460 e. The highest BCUT2D eigenvalue weighted by molar-refractivity contribution is 5.62. The van der Waals surface area contributed by atoms with Gasteiger partial charge in [0, 0.05) is 37.1 Å². The van der Waals surface area contributed by atoms with Crippen molar-refractivity contribution in [2.45, 2.75) is 70.1 Å². The van der Waals surface area contributed by atoms with Gasteiger partial charge in [-0.2, -0.15) is 0 Å². The van der Waals surface area contributed by atoms with Gasteiger partial charge < -0.3 is 14.7 Å². The summed E-state index contributed by atoms with van der Waals surface area (Å²) in [6.07, 6.45) is 11.5. The van der Waals surface area contributed by atoms with Crippen LogP contribution in [0, 0.1) is 0 Å². The first-order valence-corrected chi connectivity index (χ1v) is 10.5. The Balaban J connectivity index is 1.32. The normalized spacial score (nSPS) is 19.8. The lowest BCUT2D eigenvalue weighted by Crippen LogP contribution is -2.43. The lowest BCUT2D eigenvalue weighted by Gasteiger charge is -2.35. The van der Waals surface area contributed by atoms with Crippen molar-refractivity contribution < 1.29 is 9.84 Å². The molecule has 1 aliphatic carbocycles. The molecule has 2 aromatic rings. The van der Waals surface area contributed by atoms with Crippen LogP contribution in [0.4, 0.5) is 0 Å². The largest absolute Gasteiger partial charge is 0.460 e. The molecular weight excluding hydrogens is 350 g/mol. The summed E-state index contributed by atoms with van der Waals surface area (Å²) in [5.74, 6) is 0. The van der Waals surface area contributed by atoms with Crippen LogP contribution in [-0.2, 0) is 5.60 Å². The first-order chi connectivity index (χ1) is 13.5. The highest BCUT2D eigenvalue weighted by Gasteiger charge is 2.28. The van der Waals surface area contributed by atoms with Crippen molar-refractivity contribution >= 4 is 0 Å². The van der Waals surface area contributed by atoms with E-state index in [0.29, 0.717) is 6.01 Å². The SMILES string of the molecule is CC(C)(O)c1ccc(-c2cnc(OC3CCN(C4CCCC4)CC3)nc2)cc1. The fraction of sp³-hybridized carbons (Fsp3) is 0.565. The van der Waals surface area contributed by atoms with E-state index in [9.17, 15) is 5.11 Å². The number of benzene rings is 1. The second kappa shape index (κ2) is 8.18. The fourth-order valence-electron chi connectivity index (χ4n) is 4.37. The van der Waals surface area contributed by atoms with Gasteiger partial charge in [-0.3, -0.25) is 0 Å². The summed E-state index contributed by atoms with van der Waals surface area (Å²) in [4.78, 5) is 11.5. The fourth-order valence-corrected chi connectivity index (χ4v) is 4.37. The van der Waals surface area contributed by atoms with E-state index < -0.39 is 5.60 Å². The summed E-state index contributed by atoms with van der Waals surface area (Å²) < 4.78 is 6.04. The smallest absolute Gasteiger partial charge is 0.316 e. The number of aromatic nitrogens is 2. The summed E-state index contributed by atoms with van der Waals surface area (Å²) in [6.45, 7) is 5.83. The Morgan fingerprint density at radius 1 is 0.929 bits per heavy atom. The van der Waals surface area contributed by atoms with Crippen molar-refractivity contribution in [3.63, 3.8) is 0 Å². The van der Waals surface area contributed by atoms with E-state index >= 15 is 0 Å². The third-order valence-corrected chi connectivity index (χ3v) is 6.14. The molecule has 1 aliphatic heterocycles. The number of aliphatic hydroxyl groups is 1. The third-order valence-electron chi connectivity index (χ3n) is 6.14. The van der Waals surface area contributed by atoms with Crippen LogP contribution >= 0.6 is 0 Å². The quantitative estimate of drug-likeness (QED) is 0.843. The topological polar surface area (TPSA) is 58.5 Å². The summed E-state index contributed by atoms with van der Waals surface area (Å²) >= 11 is 0. The molecule has 4 rings (SSSR count). The van der Waals surface area contributed by atoms with E-state index in [2.05, 4.69) is 14.9 Å². The molecule has 5 nitrogen and oxygen atoms in total. The Morgan fingerprint density at radius 3 is 2.11 bits per heavy atom. The van der Waals surface area contributed by atoms with E-state index in [1.54, 1.807) is 13.8 Å². The Kier molecular flexibility index (Phi) is 5.65. The zero-order chi connectivity index (χ0) is 19.6. The molecule has 1 saturated heterocycles. The zero-order valence-corrected chi connectivity index (χ0v) is 17.0. The Bertz CT molecular complexity index is 754. The first-order valence-electron chi connectivity index (χ1n) is 10.5. The van der Waals surface area contributed by atoms with Gasteiger partial charge in [-0.25, -0.2) is 9.97 Å². The van der Waals surface area contributed by atoms with Crippen LogP contribution in [0.3, 0.4) is 0 Å². The minimum atomic E-state index is -0.833. The Morgan fingerprint density at radius 2 is 1.54 bits per heavy atom. The summed E-state index contributed by atoms with van der Waals surface area (Å²) in [6, 6.07) is 9.14. The highest BCUT2D eigenvalue weighted by atomic mass is 16.5. The molecular formula is C23H31N3O2. The van der Waals surface area contributed by atoms with Crippen molar-refractivity contribution in [3.8, 4) is 17.1 Å². The van der Waals surface area contributed by atoms with Gasteiger partial charge in [0.25, 0.3) is 0 Å². The molecule has 0 bridgehead atoms. The van der Waals surface area contributed by atoms with E-state index in [1.165, 1.54) is 25.7 Å². The first kappa shape index (κ1) is 19.3. The van der Waals surface area contributed by atoms with Crippen LogP contribution in [0.15, 0.2) is 36.7 Å². The van der Waals surface area contributed by atoms with E-state index in [4.69, 9.17) is 4.74 Å². The molecule has 1 saturated carbocycles. The number of piperidine rings is 1. The van der Waals surface area contributed by atoms with Crippen LogP contribution in [-0.4, -0.2) is 45.2 Å². The molecule has 2 aliphatic rings. The van der Waals surface area contributed by atoms with E-state index in [-0.39, 0.29) is 6.10 Å². The molecule has 0 unspecified atom stereocenters. The minimum absolute atomic E-state index is 0.217. The second-order valence-electron chi connectivity index (χ2n) is 8.68. The van der Waals surface area contributed by atoms with Crippen LogP contribution in [0.2, 0.25) is 0 Å². The molecule has 0 amide bonds. The average Bonchev–Trinajstić information content (AvgIpc) is 3.23. The van der Waals surface area contributed by atoms with E-state index in [0.717, 1.165) is 48.7 Å². The van der Waals surface area contributed by atoms with Gasteiger partial charge in [-0.1, -0.05) is 37.1 Å². The molecule has 1 N–H and O–H groups in total. The number of rotatable bonds is 5. The van der Waals surface area contributed by atoms with Crippen LogP contribution in [0.25, 0.3) is 11.1 Å². The Hall–Kier alpha value is -1.98. The van der Waals surface area contributed by atoms with Crippen LogP contribution in [0.5, 0.6) is 6.01 Å². The molecule has 0 spiro atoms. The standard InChI is InChI=1S/C23H31N3O2/c1-23(2,27)19-9-7-17(8-10-19)18-15-24-22(25-16-18)28-21-11-13-26(14-12-21)20-5-3-4-6-20/h7-10,15-16,20-21,27H,3-6,11-14H2,1-2H3. The van der Waals surface area contributed by atoms with Crippen molar-refractivity contribution in [2.75, 3.05) is 13.1 Å². The summed E-state index contributed by atoms with van der Waals surface area (Å²) in [5.41, 5.74) is 2.04. The molecule has 0 radical (unpaired) electrons. The van der Waals surface area contributed by atoms with Gasteiger partial charge in [-0.05, 0) is 50.7 Å². The second-order valence-corrected chi connectivity index (χ2v) is 8.68. The van der Waals surface area contributed by atoms with Gasteiger partial charge in [0.05, 0.1) is 5.60 Å². The van der Waals surface area contributed by atoms with Gasteiger partial charge in [0.1, 0.15) is 6.10 Å². The number of ether oxygens (including phenoxy) is 1. The molecule has 2 fully saturated rings. The maximum absolute atomic E-state index is 10.1. The van der Waals surface area contributed by atoms with Crippen LogP contribution in [0.1, 0.15) is 57.9 Å². The predicted octanol–water partition coefficient (Wildman–Crippen LogP) is 4.16. The molecule has 5 heteroatoms. The van der Waals surface area contributed by atoms with Crippen molar-refractivity contribution in [1.29, 1.82) is 0 Å². The van der Waals surface area contributed by atoms with Gasteiger partial charge >= 0.3 is 6.01 Å². The molecule has 0 atom stereocenters.